The predicted molar refractivity (Wildman–Crippen MR) is 188 cm³/mol. The van der Waals surface area contributed by atoms with Gasteiger partial charge in [0.25, 0.3) is 5.91 Å². The zero-order valence-electron chi connectivity index (χ0n) is 29.2. The van der Waals surface area contributed by atoms with Crippen LogP contribution >= 0.6 is 11.3 Å². The molecule has 13 heteroatoms. The van der Waals surface area contributed by atoms with Crippen molar-refractivity contribution in [3.05, 3.63) is 52.0 Å². The highest BCUT2D eigenvalue weighted by molar-refractivity contribution is 7.93. The molecule has 1 aromatic carbocycles. The summed E-state index contributed by atoms with van der Waals surface area (Å²) >= 11 is 1.24. The van der Waals surface area contributed by atoms with Gasteiger partial charge in [-0.25, -0.2) is 13.4 Å². The topological polar surface area (TPSA) is 152 Å². The maximum absolute atomic E-state index is 13.8. The number of carbonyl (C=O) groups is 4. The molecule has 1 aliphatic carbocycles. The van der Waals surface area contributed by atoms with E-state index in [1.165, 1.54) is 11.3 Å². The van der Waals surface area contributed by atoms with Gasteiger partial charge in [-0.05, 0) is 43.7 Å². The van der Waals surface area contributed by atoms with E-state index >= 15 is 0 Å². The van der Waals surface area contributed by atoms with Crippen LogP contribution in [0.4, 0.5) is 0 Å². The average Bonchev–Trinajstić information content (AvgIpc) is 3.81. The van der Waals surface area contributed by atoms with Gasteiger partial charge in [0.15, 0.2) is 15.6 Å². The molecule has 1 fully saturated rings. The fourth-order valence-corrected chi connectivity index (χ4v) is 8.44. The molecule has 11 nitrogen and oxygen atoms in total. The predicted octanol–water partition coefficient (Wildman–Crippen LogP) is 4.03. The lowest BCUT2D eigenvalue weighted by Crippen LogP contribution is -2.46. The molecule has 2 N–H and O–H groups in total. The molecule has 1 aliphatic rings. The molecule has 0 radical (unpaired) electrons. The molecule has 5 atom stereocenters. The number of nitrogens with one attached hydrogen (secondary N) is 2. The number of sulfone groups is 1. The van der Waals surface area contributed by atoms with Gasteiger partial charge in [0, 0.05) is 44.3 Å². The van der Waals surface area contributed by atoms with Crippen LogP contribution in [0.3, 0.4) is 0 Å². The van der Waals surface area contributed by atoms with Gasteiger partial charge in [-0.1, -0.05) is 64.4 Å². The second-order valence-corrected chi connectivity index (χ2v) is 16.4. The van der Waals surface area contributed by atoms with Gasteiger partial charge >= 0.3 is 0 Å². The Labute approximate surface area is 289 Å². The minimum absolute atomic E-state index is 0.00810. The highest BCUT2D eigenvalue weighted by atomic mass is 32.2. The second kappa shape index (κ2) is 18.1. The Morgan fingerprint density at radius 2 is 1.77 bits per heavy atom. The lowest BCUT2D eigenvalue weighted by atomic mass is 9.85. The van der Waals surface area contributed by atoms with Crippen LogP contribution < -0.4 is 10.6 Å². The lowest BCUT2D eigenvalue weighted by molar-refractivity contribution is -0.142. The fraction of sp³-hybridized carbons (Fsp3) is 0.629. The number of ether oxygens (including phenoxy) is 1. The highest BCUT2D eigenvalue weighted by Crippen LogP contribution is 2.32. The first-order chi connectivity index (χ1) is 22.7. The number of benzene rings is 1. The third-order valence-electron chi connectivity index (χ3n) is 9.21. The minimum Gasteiger partial charge on any atom is -0.374 e. The van der Waals surface area contributed by atoms with Crippen LogP contribution in [-0.4, -0.2) is 92.5 Å². The third kappa shape index (κ3) is 11.0. The number of carbonyl (C=O) groups excluding carboxylic acids is 4. The van der Waals surface area contributed by atoms with Crippen molar-refractivity contribution in [1.29, 1.82) is 0 Å². The molecule has 48 heavy (non-hydrogen) atoms. The van der Waals surface area contributed by atoms with Crippen molar-refractivity contribution in [2.24, 2.45) is 17.8 Å². The van der Waals surface area contributed by atoms with E-state index < -0.39 is 50.6 Å². The number of thiazole rings is 1. The Balaban J connectivity index is 1.77. The molecule has 0 bridgehead atoms. The Hall–Kier alpha value is -3.00. The monoisotopic (exact) mass is 704 g/mol. The number of amides is 2. The van der Waals surface area contributed by atoms with Crippen molar-refractivity contribution in [3.63, 3.8) is 0 Å². The minimum atomic E-state index is -3.57. The first-order valence-corrected chi connectivity index (χ1v) is 19.3. The Morgan fingerprint density at radius 3 is 2.33 bits per heavy atom. The molecule has 2 unspecified atom stereocenters. The smallest absolute Gasteiger partial charge is 0.271 e. The van der Waals surface area contributed by atoms with Gasteiger partial charge in [0.2, 0.25) is 5.91 Å². The molecule has 2 amide bonds. The number of likely N-dealkylation sites (N-methyl/N-ethyl adjacent to an activating group) is 1. The van der Waals surface area contributed by atoms with Crippen LogP contribution in [0.5, 0.6) is 0 Å². The van der Waals surface area contributed by atoms with Crippen molar-refractivity contribution < 1.29 is 32.3 Å². The molecule has 1 saturated carbocycles. The number of hydrogen-bond acceptors (Lipinski definition) is 10. The van der Waals surface area contributed by atoms with Crippen molar-refractivity contribution in [1.82, 2.24) is 20.5 Å². The number of ketones is 2. The number of methoxy groups -OCH3 is 1. The molecule has 1 aromatic heterocycles. The zero-order chi connectivity index (χ0) is 35.6. The SMILES string of the molecule is CCC(C)[C@H](CC(=O)CNC)C(=O)N(C)[C@H](CC(OC)c1nc(C(=O)N[C@@H](Cc2ccccc2)C(=O)CS(=O)(=O)C2CC2)cs1)C(C)C. The van der Waals surface area contributed by atoms with Gasteiger partial charge in [0.1, 0.15) is 28.3 Å². The van der Waals surface area contributed by atoms with E-state index in [1.807, 2.05) is 58.0 Å². The summed E-state index contributed by atoms with van der Waals surface area (Å²) < 4.78 is 31.1. The van der Waals surface area contributed by atoms with Crippen molar-refractivity contribution in [3.8, 4) is 0 Å². The van der Waals surface area contributed by atoms with Gasteiger partial charge in [-0.2, -0.15) is 0 Å². The maximum atomic E-state index is 13.8. The van der Waals surface area contributed by atoms with E-state index in [0.29, 0.717) is 24.3 Å². The summed E-state index contributed by atoms with van der Waals surface area (Å²) in [5.74, 6) is -2.20. The number of rotatable bonds is 21. The van der Waals surface area contributed by atoms with Crippen LogP contribution in [0.1, 0.15) is 87.0 Å². The number of aromatic nitrogens is 1. The summed E-state index contributed by atoms with van der Waals surface area (Å²) in [7, 11) is 1.47. The first kappa shape index (κ1) is 39.4. The molecule has 0 saturated heterocycles. The van der Waals surface area contributed by atoms with Crippen molar-refractivity contribution in [2.45, 2.75) is 89.7 Å². The molecule has 0 aliphatic heterocycles. The average molecular weight is 705 g/mol. The molecular formula is C35H52N4O7S2. The largest absolute Gasteiger partial charge is 0.374 e. The van der Waals surface area contributed by atoms with Crippen LogP contribution in [0, 0.1) is 17.8 Å². The molecule has 2 aromatic rings. The summed E-state index contributed by atoms with van der Waals surface area (Å²) in [6.07, 6.45) is 2.09. The van der Waals surface area contributed by atoms with Crippen molar-refractivity contribution in [2.75, 3.05) is 33.5 Å². The van der Waals surface area contributed by atoms with Crippen LogP contribution in [0.25, 0.3) is 0 Å². The molecule has 1 heterocycles. The quantitative estimate of drug-likeness (QED) is 0.196. The van der Waals surface area contributed by atoms with Crippen LogP contribution in [-0.2, 0) is 35.4 Å². The van der Waals surface area contributed by atoms with Gasteiger partial charge in [-0.3, -0.25) is 19.2 Å². The third-order valence-corrected chi connectivity index (χ3v) is 12.3. The summed E-state index contributed by atoms with van der Waals surface area (Å²) in [6.45, 7) is 8.28. The standard InChI is InChI=1S/C35H52N4O7S2/c1-8-23(4)27(17-25(40)19-36-5)35(43)39(6)30(22(2)3)18-32(46-7)34-38-29(20-47-34)33(42)37-28(16-24-12-10-9-11-13-24)31(41)21-48(44,45)26-14-15-26/h9-13,20,22-23,26-28,30,32,36H,8,14-19,21H2,1-7H3,(H,37,42)/t23?,27-,28-,30+,32?/m0/s1. The number of nitrogens with zero attached hydrogens (tertiary/aromatic N) is 2. The van der Waals surface area contributed by atoms with Gasteiger partial charge in [-0.15, -0.1) is 11.3 Å². The van der Waals surface area contributed by atoms with Gasteiger partial charge in [0.05, 0.1) is 17.8 Å². The van der Waals surface area contributed by atoms with Crippen LogP contribution in [0.15, 0.2) is 35.7 Å². The fourth-order valence-electron chi connectivity index (χ4n) is 5.86. The Kier molecular flexibility index (Phi) is 14.9. The summed E-state index contributed by atoms with van der Waals surface area (Å²) in [6, 6.07) is 7.85. The molecule has 266 valence electrons. The summed E-state index contributed by atoms with van der Waals surface area (Å²) in [5.41, 5.74) is 0.886. The van der Waals surface area contributed by atoms with E-state index in [2.05, 4.69) is 15.6 Å². The normalized spacial score (nSPS) is 16.5. The highest BCUT2D eigenvalue weighted by Gasteiger charge is 2.39. The molecule has 0 spiro atoms. The van der Waals surface area contributed by atoms with Crippen molar-refractivity contribution >= 4 is 44.6 Å². The number of Topliss-reactive ketones (excluding diaryl/α,β-unsaturated/α-hetero) is 2. The Morgan fingerprint density at radius 1 is 1.10 bits per heavy atom. The molecular weight excluding hydrogens is 653 g/mol. The van der Waals surface area contributed by atoms with E-state index in [1.54, 1.807) is 31.5 Å². The van der Waals surface area contributed by atoms with E-state index in [4.69, 9.17) is 4.74 Å². The van der Waals surface area contributed by atoms with E-state index in [0.717, 1.165) is 12.0 Å². The van der Waals surface area contributed by atoms with E-state index in [9.17, 15) is 27.6 Å². The van der Waals surface area contributed by atoms with E-state index in [-0.39, 0.29) is 54.6 Å². The second-order valence-electron chi connectivity index (χ2n) is 13.2. The van der Waals surface area contributed by atoms with Crippen LogP contribution in [0.2, 0.25) is 0 Å². The maximum Gasteiger partial charge on any atom is 0.271 e. The summed E-state index contributed by atoms with van der Waals surface area (Å²) in [5, 5.41) is 7.27. The number of hydrogen-bond donors (Lipinski definition) is 2. The lowest BCUT2D eigenvalue weighted by Gasteiger charge is -2.36. The first-order valence-electron chi connectivity index (χ1n) is 16.7. The zero-order valence-corrected chi connectivity index (χ0v) is 30.9. The summed E-state index contributed by atoms with van der Waals surface area (Å²) in [4.78, 5) is 59.3. The Bertz CT molecular complexity index is 1490. The molecule has 3 rings (SSSR count). The van der Waals surface area contributed by atoms with Gasteiger partial charge < -0.3 is 20.3 Å².